The Kier molecular flexibility index (Phi) is 46.8. The lowest BCUT2D eigenvalue weighted by Gasteiger charge is -2.03. The molecule has 0 aromatic heterocycles. The van der Waals surface area contributed by atoms with Crippen molar-refractivity contribution in [1.82, 2.24) is 0 Å². The van der Waals surface area contributed by atoms with E-state index in [2.05, 4.69) is 13.8 Å². The Morgan fingerprint density at radius 3 is 0.543 bits per heavy atom. The molecule has 220 valence electrons. The van der Waals surface area contributed by atoms with Crippen molar-refractivity contribution >= 4 is 15.6 Å². The monoisotopic (exact) mass is 554 g/mol. The summed E-state index contributed by atoms with van der Waals surface area (Å²) >= 11 is 0. The summed E-state index contributed by atoms with van der Waals surface area (Å²) in [6, 6.07) is 0. The Balaban J connectivity index is -0.000000191. The first-order valence-electron chi connectivity index (χ1n) is 13.5. The predicted molar refractivity (Wildman–Crippen MR) is 147 cm³/mol. The van der Waals surface area contributed by atoms with Crippen molar-refractivity contribution in [1.29, 1.82) is 0 Å². The molecule has 35 heavy (non-hydrogen) atoms. The largest absolute Gasteiger partial charge is 0.466 e. The van der Waals surface area contributed by atoms with Gasteiger partial charge in [-0.15, -0.1) is 0 Å². The third kappa shape index (κ3) is 96.2. The van der Waals surface area contributed by atoms with Crippen molar-refractivity contribution in [3.63, 3.8) is 0 Å². The van der Waals surface area contributed by atoms with Gasteiger partial charge < -0.3 is 34.8 Å². The molecule has 9 nitrogen and oxygen atoms in total. The van der Waals surface area contributed by atoms with Crippen LogP contribution in [0.1, 0.15) is 156 Å². The van der Waals surface area contributed by atoms with Crippen LogP contribution in [0.15, 0.2) is 0 Å². The minimum atomic E-state index is -4.64. The zero-order valence-corrected chi connectivity index (χ0v) is 24.8. The molecule has 0 aliphatic carbocycles. The summed E-state index contributed by atoms with van der Waals surface area (Å²) in [7, 11) is -9.28. The van der Waals surface area contributed by atoms with Gasteiger partial charge in [-0.1, -0.05) is 156 Å². The first kappa shape index (κ1) is 45.1. The second-order valence-corrected chi connectivity index (χ2v) is 10.4. The maximum Gasteiger partial charge on any atom is 0.466 e. The number of hydrogen-bond acceptors (Lipinski definition) is 2. The summed E-state index contributed by atoms with van der Waals surface area (Å²) in [6.45, 7) is 8.60. The van der Waals surface area contributed by atoms with Crippen molar-refractivity contribution in [3.8, 4) is 0 Å². The third-order valence-electron chi connectivity index (χ3n) is 4.96. The minimum Gasteiger partial charge on any atom is -0.412 e. The highest BCUT2D eigenvalue weighted by molar-refractivity contribution is 7.45. The molecule has 0 aromatic rings. The van der Waals surface area contributed by atoms with Crippen molar-refractivity contribution in [3.05, 3.63) is 0 Å². The Bertz CT molecular complexity index is 384. The van der Waals surface area contributed by atoms with Gasteiger partial charge in [0, 0.05) is 0 Å². The first-order chi connectivity index (χ1) is 15.9. The van der Waals surface area contributed by atoms with E-state index in [0.29, 0.717) is 0 Å². The lowest BCUT2D eigenvalue weighted by molar-refractivity contribution is 0.272. The average molecular weight is 555 g/mol. The van der Waals surface area contributed by atoms with E-state index in [-0.39, 0.29) is 5.48 Å². The standard InChI is InChI=1S/C22H46.C2H6.2H3O4P.H2O/c1-3-5-7-9-11-13-15-17-19-21-22-20-18-16-14-12-10-8-6-4-2;1-2;2*1-5(2,3)4;/h3-22H2,1-2H3;1-2H3;2*(H3,1,2,3,4);1H2. The minimum absolute atomic E-state index is 0. The normalized spacial score (nSPS) is 10.6. The molecule has 0 unspecified atom stereocenters. The highest BCUT2D eigenvalue weighted by atomic mass is 31.2. The molecule has 0 aliphatic heterocycles. The maximum atomic E-state index is 8.88. The summed E-state index contributed by atoms with van der Waals surface area (Å²) < 4.78 is 17.8. The second-order valence-electron chi connectivity index (χ2n) is 8.39. The number of phosphoric acid groups is 2. The molecule has 0 amide bonds. The molecule has 0 rings (SSSR count). The van der Waals surface area contributed by atoms with Crippen LogP contribution in [0, 0.1) is 0 Å². The Hall–Kier alpha value is 0.180. The first-order valence-corrected chi connectivity index (χ1v) is 16.6. The van der Waals surface area contributed by atoms with E-state index in [1.165, 1.54) is 128 Å². The number of unbranched alkanes of at least 4 members (excludes halogenated alkanes) is 19. The van der Waals surface area contributed by atoms with E-state index in [1.807, 2.05) is 13.8 Å². The highest BCUT2D eigenvalue weighted by Crippen LogP contribution is 2.26. The molecule has 11 heteroatoms. The van der Waals surface area contributed by atoms with Gasteiger partial charge >= 0.3 is 15.6 Å². The molecule has 0 aromatic carbocycles. The van der Waals surface area contributed by atoms with Gasteiger partial charge in [-0.3, -0.25) is 0 Å². The molecule has 0 spiro atoms. The Morgan fingerprint density at radius 2 is 0.457 bits per heavy atom. The third-order valence-corrected chi connectivity index (χ3v) is 4.96. The fraction of sp³-hybridized carbons (Fsp3) is 1.00. The van der Waals surface area contributed by atoms with Gasteiger partial charge in [0.1, 0.15) is 0 Å². The predicted octanol–water partition coefficient (Wildman–Crippen LogP) is 7.17. The smallest absolute Gasteiger partial charge is 0.412 e. The van der Waals surface area contributed by atoms with Gasteiger partial charge in [0.15, 0.2) is 0 Å². The summed E-state index contributed by atoms with van der Waals surface area (Å²) in [6.07, 6.45) is 29.4. The van der Waals surface area contributed by atoms with Crippen LogP contribution < -0.4 is 0 Å². The van der Waals surface area contributed by atoms with E-state index >= 15 is 0 Å². The summed E-state index contributed by atoms with van der Waals surface area (Å²) in [5, 5.41) is 0. The molecular formula is C24H60O9P2. The van der Waals surface area contributed by atoms with Crippen LogP contribution in [-0.2, 0) is 9.13 Å². The van der Waals surface area contributed by atoms with Crippen LogP contribution in [0.3, 0.4) is 0 Å². The van der Waals surface area contributed by atoms with Crippen LogP contribution in [0.2, 0.25) is 0 Å². The fourth-order valence-corrected chi connectivity index (χ4v) is 3.33. The van der Waals surface area contributed by atoms with Gasteiger partial charge in [0.2, 0.25) is 0 Å². The molecule has 0 aliphatic rings. The molecule has 0 bridgehead atoms. The zero-order chi connectivity index (χ0) is 27.1. The van der Waals surface area contributed by atoms with Gasteiger partial charge in [-0.2, -0.15) is 0 Å². The molecular weight excluding hydrogens is 494 g/mol. The molecule has 0 saturated heterocycles. The molecule has 8 N–H and O–H groups in total. The highest BCUT2D eigenvalue weighted by Gasteiger charge is 2.00. The van der Waals surface area contributed by atoms with Crippen LogP contribution >= 0.6 is 15.6 Å². The number of rotatable bonds is 19. The molecule has 0 fully saturated rings. The molecule has 0 radical (unpaired) electrons. The average Bonchev–Trinajstić information content (AvgIpc) is 2.72. The van der Waals surface area contributed by atoms with Crippen molar-refractivity contribution in [2.24, 2.45) is 0 Å². The summed E-state index contributed by atoms with van der Waals surface area (Å²) in [5.41, 5.74) is 0. The van der Waals surface area contributed by atoms with Crippen LogP contribution in [0.5, 0.6) is 0 Å². The van der Waals surface area contributed by atoms with E-state index in [9.17, 15) is 0 Å². The quantitative estimate of drug-likeness (QED) is 0.0715. The van der Waals surface area contributed by atoms with Crippen molar-refractivity contribution < 1.29 is 44.0 Å². The van der Waals surface area contributed by atoms with Gasteiger partial charge in [-0.05, 0) is 0 Å². The number of hydrogen-bond donors (Lipinski definition) is 6. The zero-order valence-electron chi connectivity index (χ0n) is 23.0. The van der Waals surface area contributed by atoms with E-state index in [1.54, 1.807) is 0 Å². The van der Waals surface area contributed by atoms with E-state index in [4.69, 9.17) is 38.5 Å². The lowest BCUT2D eigenvalue weighted by Crippen LogP contribution is -1.84. The summed E-state index contributed by atoms with van der Waals surface area (Å²) in [5.74, 6) is 0. The van der Waals surface area contributed by atoms with Crippen molar-refractivity contribution in [2.45, 2.75) is 156 Å². The molecule has 0 heterocycles. The van der Waals surface area contributed by atoms with Gasteiger partial charge in [0.25, 0.3) is 0 Å². The summed E-state index contributed by atoms with van der Waals surface area (Å²) in [4.78, 5) is 43.1. The van der Waals surface area contributed by atoms with Crippen LogP contribution in [0.25, 0.3) is 0 Å². The van der Waals surface area contributed by atoms with Gasteiger partial charge in [-0.25, -0.2) is 9.13 Å². The maximum absolute atomic E-state index is 8.88. The fourth-order valence-electron chi connectivity index (χ4n) is 3.33. The van der Waals surface area contributed by atoms with Gasteiger partial charge in [0.05, 0.1) is 0 Å². The molecule has 0 atom stereocenters. The lowest BCUT2D eigenvalue weighted by atomic mass is 10.0. The van der Waals surface area contributed by atoms with E-state index < -0.39 is 15.6 Å². The van der Waals surface area contributed by atoms with E-state index in [0.717, 1.165) is 0 Å². The Labute approximate surface area is 215 Å². The molecule has 0 saturated carbocycles. The Morgan fingerprint density at radius 1 is 0.371 bits per heavy atom. The SMILES string of the molecule is CC.CCCCCCCCCCCCCCCCCCCCCC.O.O=P(O)(O)O.O=P(O)(O)O. The second kappa shape index (κ2) is 36.3. The van der Waals surface area contributed by atoms with Crippen LogP contribution in [-0.4, -0.2) is 34.8 Å². The van der Waals surface area contributed by atoms with Crippen molar-refractivity contribution in [2.75, 3.05) is 0 Å². The topological polar surface area (TPSA) is 187 Å². The van der Waals surface area contributed by atoms with Crippen LogP contribution in [0.4, 0.5) is 0 Å².